The summed E-state index contributed by atoms with van der Waals surface area (Å²) in [5.41, 5.74) is 0. The Balaban J connectivity index is 1.38. The Bertz CT molecular complexity index is 1560. The second kappa shape index (κ2) is 23.2. The third-order valence-corrected chi connectivity index (χ3v) is 11.8. The molecule has 5 aliphatic rings. The molecule has 0 saturated carbocycles. The van der Waals surface area contributed by atoms with Crippen molar-refractivity contribution in [1.82, 2.24) is 16.0 Å². The van der Waals surface area contributed by atoms with Gasteiger partial charge in [0, 0.05) is 20.8 Å². The van der Waals surface area contributed by atoms with Gasteiger partial charge in [-0.3, -0.25) is 14.4 Å². The minimum atomic E-state index is -2.10. The van der Waals surface area contributed by atoms with Crippen molar-refractivity contribution in [2.24, 2.45) is 0 Å². The molecule has 5 heterocycles. The van der Waals surface area contributed by atoms with Crippen LogP contribution in [0.2, 0.25) is 0 Å². The van der Waals surface area contributed by atoms with Crippen molar-refractivity contribution in [2.75, 3.05) is 33.0 Å². The monoisotopic (exact) mass is 949 g/mol. The first-order valence-electron chi connectivity index (χ1n) is 20.9. The average Bonchev–Trinajstić information content (AvgIpc) is 3.25. The molecule has 28 nitrogen and oxygen atoms in total. The van der Waals surface area contributed by atoms with Crippen molar-refractivity contribution in [2.45, 2.75) is 181 Å². The number of amides is 3. The number of hydrogen-bond acceptors (Lipinski definition) is 25. The fraction of sp³-hybridized carbons (Fsp3) is 0.919. The number of aliphatic hydroxyl groups excluding tert-OH is 13. The molecule has 11 unspecified atom stereocenters. The highest BCUT2D eigenvalue weighted by Gasteiger charge is 2.57. The molecule has 16 N–H and O–H groups in total. The van der Waals surface area contributed by atoms with Crippen LogP contribution in [0.15, 0.2) is 0 Å². The molecule has 0 aromatic carbocycles. The second-order valence-corrected chi connectivity index (χ2v) is 16.5. The Kier molecular flexibility index (Phi) is 19.1. The van der Waals surface area contributed by atoms with Gasteiger partial charge in [-0.1, -0.05) is 0 Å². The third-order valence-electron chi connectivity index (χ3n) is 11.8. The van der Waals surface area contributed by atoms with Gasteiger partial charge in [-0.2, -0.15) is 0 Å². The molecule has 28 heteroatoms. The first kappa shape index (κ1) is 53.5. The predicted octanol–water partition coefficient (Wildman–Crippen LogP) is -10.4. The van der Waals surface area contributed by atoms with Gasteiger partial charge in [0.1, 0.15) is 116 Å². The lowest BCUT2D eigenvalue weighted by Crippen LogP contribution is -2.70. The highest BCUT2D eigenvalue weighted by atomic mass is 16.8. The molecule has 5 fully saturated rings. The minimum absolute atomic E-state index is 0.560. The van der Waals surface area contributed by atoms with Gasteiger partial charge in [-0.05, 0) is 6.92 Å². The molecule has 5 saturated heterocycles. The minimum Gasteiger partial charge on any atom is -0.394 e. The topological polar surface area (TPSA) is 433 Å². The third kappa shape index (κ3) is 11.9. The van der Waals surface area contributed by atoms with Gasteiger partial charge in [0.05, 0.1) is 45.2 Å². The number of aliphatic hydroxyl groups is 13. The number of hydrogen-bond donors (Lipinski definition) is 16. The zero-order valence-electron chi connectivity index (χ0n) is 35.7. The van der Waals surface area contributed by atoms with E-state index in [1.165, 1.54) is 13.8 Å². The van der Waals surface area contributed by atoms with Crippen molar-refractivity contribution in [1.29, 1.82) is 0 Å². The number of carbonyl (C=O) groups is 3. The summed E-state index contributed by atoms with van der Waals surface area (Å²) in [6, 6.07) is -4.35. The van der Waals surface area contributed by atoms with E-state index in [4.69, 9.17) is 42.6 Å². The fourth-order valence-electron chi connectivity index (χ4n) is 8.48. The quantitative estimate of drug-likeness (QED) is 0.0683. The van der Waals surface area contributed by atoms with Gasteiger partial charge in [-0.25, -0.2) is 0 Å². The molecule has 0 bridgehead atoms. The lowest BCUT2D eigenvalue weighted by molar-refractivity contribution is -0.380. The van der Waals surface area contributed by atoms with Gasteiger partial charge in [-0.15, -0.1) is 0 Å². The molecule has 25 atom stereocenters. The molecule has 0 aliphatic carbocycles. The van der Waals surface area contributed by atoms with Crippen molar-refractivity contribution >= 4 is 17.7 Å². The van der Waals surface area contributed by atoms with Crippen LogP contribution in [0, 0.1) is 0 Å². The Morgan fingerprint density at radius 2 is 0.708 bits per heavy atom. The van der Waals surface area contributed by atoms with Crippen LogP contribution in [0.4, 0.5) is 0 Å². The van der Waals surface area contributed by atoms with E-state index in [2.05, 4.69) is 16.0 Å². The van der Waals surface area contributed by atoms with E-state index in [9.17, 15) is 80.8 Å². The maximum absolute atomic E-state index is 12.5. The highest BCUT2D eigenvalue weighted by molar-refractivity contribution is 5.74. The molecule has 5 rings (SSSR count). The first-order valence-corrected chi connectivity index (χ1v) is 20.9. The molecule has 0 radical (unpaired) electrons. The molecule has 0 aromatic heterocycles. The Morgan fingerprint density at radius 3 is 1.14 bits per heavy atom. The number of carbonyl (C=O) groups excluding carboxylic acids is 3. The highest BCUT2D eigenvalue weighted by Crippen LogP contribution is 2.36. The fourth-order valence-corrected chi connectivity index (χ4v) is 8.48. The van der Waals surface area contributed by atoms with E-state index in [-0.39, 0.29) is 0 Å². The van der Waals surface area contributed by atoms with E-state index in [0.717, 1.165) is 13.8 Å². The van der Waals surface area contributed by atoms with Gasteiger partial charge >= 0.3 is 0 Å². The Labute approximate surface area is 370 Å². The normalized spacial score (nSPS) is 47.1. The Morgan fingerprint density at radius 1 is 0.385 bits per heavy atom. The van der Waals surface area contributed by atoms with Crippen LogP contribution in [0.5, 0.6) is 0 Å². The van der Waals surface area contributed by atoms with Crippen LogP contribution in [0.1, 0.15) is 27.7 Å². The predicted molar refractivity (Wildman–Crippen MR) is 205 cm³/mol. The van der Waals surface area contributed by atoms with Gasteiger partial charge in [0.15, 0.2) is 25.2 Å². The van der Waals surface area contributed by atoms with E-state index in [0.29, 0.717) is 0 Å². The summed E-state index contributed by atoms with van der Waals surface area (Å²) >= 11 is 0. The van der Waals surface area contributed by atoms with E-state index in [1.54, 1.807) is 0 Å². The first-order chi connectivity index (χ1) is 30.7. The Hall–Kier alpha value is -2.47. The summed E-state index contributed by atoms with van der Waals surface area (Å²) in [6.45, 7) is 0.439. The van der Waals surface area contributed by atoms with Crippen molar-refractivity contribution in [3.63, 3.8) is 0 Å². The van der Waals surface area contributed by atoms with Crippen molar-refractivity contribution < 1.29 is 123 Å². The van der Waals surface area contributed by atoms with Gasteiger partial charge in [0.2, 0.25) is 17.7 Å². The number of ether oxygens (including phenoxy) is 9. The van der Waals surface area contributed by atoms with Crippen LogP contribution in [0.25, 0.3) is 0 Å². The number of rotatable bonds is 16. The summed E-state index contributed by atoms with van der Waals surface area (Å²) in [7, 11) is 0. The second-order valence-electron chi connectivity index (χ2n) is 16.5. The molecule has 0 spiro atoms. The molecule has 0 aromatic rings. The van der Waals surface area contributed by atoms with Crippen LogP contribution < -0.4 is 16.0 Å². The smallest absolute Gasteiger partial charge is 0.217 e. The summed E-state index contributed by atoms with van der Waals surface area (Å²) in [5, 5.41) is 147. The lowest BCUT2D eigenvalue weighted by Gasteiger charge is -2.50. The van der Waals surface area contributed by atoms with Crippen LogP contribution >= 0.6 is 0 Å². The zero-order valence-corrected chi connectivity index (χ0v) is 35.7. The molecule has 3 amide bonds. The maximum atomic E-state index is 12.5. The SMILES string of the molecule is CC(=O)NC1[C@H](O[C@@H]2C(O)[C@H](O[C@@H]3C(CO)O[C@@H](O[C@@H]4C(O)[C@@H](O[C@@H]5C(NC(C)=O)C(C)OC(CO)[C@@H]5O)OC(CO)[C@@H]4O)C(NC(C)=O)[C@H]3O)OC(CO)[C@@H]2O)OC(CO)[C@@H](O)[C@@H]1O. The molecule has 5 aliphatic heterocycles. The zero-order chi connectivity index (χ0) is 48.2. The lowest BCUT2D eigenvalue weighted by atomic mass is 9.92. The van der Waals surface area contributed by atoms with Crippen molar-refractivity contribution in [3.8, 4) is 0 Å². The van der Waals surface area contributed by atoms with Gasteiger partial charge < -0.3 is 125 Å². The largest absolute Gasteiger partial charge is 0.394 e. The van der Waals surface area contributed by atoms with Crippen LogP contribution in [-0.4, -0.2) is 270 Å². The molecular weight excluding hydrogens is 886 g/mol. The van der Waals surface area contributed by atoms with E-state index < -0.39 is 204 Å². The summed E-state index contributed by atoms with van der Waals surface area (Å²) < 4.78 is 52.0. The summed E-state index contributed by atoms with van der Waals surface area (Å²) in [4.78, 5) is 36.6. The van der Waals surface area contributed by atoms with E-state index >= 15 is 0 Å². The summed E-state index contributed by atoms with van der Waals surface area (Å²) in [5.74, 6) is -2.09. The van der Waals surface area contributed by atoms with Crippen molar-refractivity contribution in [3.05, 3.63) is 0 Å². The molecule has 376 valence electrons. The summed E-state index contributed by atoms with van der Waals surface area (Å²) in [6.07, 6.45) is -38.0. The van der Waals surface area contributed by atoms with Crippen LogP contribution in [0.3, 0.4) is 0 Å². The average molecular weight is 950 g/mol. The van der Waals surface area contributed by atoms with Crippen LogP contribution in [-0.2, 0) is 57.0 Å². The number of nitrogens with one attached hydrogen (secondary N) is 3. The van der Waals surface area contributed by atoms with Gasteiger partial charge in [0.25, 0.3) is 0 Å². The standard InChI is InChI=1S/C37H63N3O25/c1-10-19(38-11(2)46)31(23(50)15(6-42)57-10)63-37-29(56)33(25(52)17(8-44)60-37)65-35-21(40-13(4)48)27(54)30(18(9-45)61-35)62-36-28(55)32(24(51)16(7-43)59-36)64-34-20(39-12(3)47)26(53)22(49)14(5-41)58-34/h10,14-37,41-45,49-56H,5-9H2,1-4H3,(H,38,46)(H,39,47)(H,40,48)/t10?,14?,15?,16?,17?,18?,19?,20?,21?,22-,23+,24+,25+,26-,27-,28?,29?,30-,31-,32+,33+,34+,35+,36+,37-/m1/s1. The van der Waals surface area contributed by atoms with E-state index in [1.807, 2.05) is 0 Å². The molecule has 65 heavy (non-hydrogen) atoms. The maximum Gasteiger partial charge on any atom is 0.217 e. The molecular formula is C37H63N3O25.